The molecule has 1 N–H and O–H groups in total. The van der Waals surface area contributed by atoms with Crippen molar-refractivity contribution in [1.82, 2.24) is 19.7 Å². The molecule has 0 saturated carbocycles. The summed E-state index contributed by atoms with van der Waals surface area (Å²) in [7, 11) is 0. The van der Waals surface area contributed by atoms with Crippen LogP contribution in [0.5, 0.6) is 0 Å². The number of hydrogen-bond donors (Lipinski definition) is 1. The summed E-state index contributed by atoms with van der Waals surface area (Å²) in [5.41, 5.74) is 0.750. The predicted octanol–water partition coefficient (Wildman–Crippen LogP) is 1.88. The quantitative estimate of drug-likeness (QED) is 0.901. The molecule has 1 aromatic carbocycles. The van der Waals surface area contributed by atoms with Gasteiger partial charge in [0, 0.05) is 12.1 Å². The molecule has 0 unspecified atom stereocenters. The van der Waals surface area contributed by atoms with E-state index in [4.69, 9.17) is 5.11 Å². The van der Waals surface area contributed by atoms with E-state index >= 15 is 0 Å². The largest absolute Gasteiger partial charge is 0.406 e. The lowest BCUT2D eigenvalue weighted by atomic mass is 10.1. The summed E-state index contributed by atoms with van der Waals surface area (Å²) in [5.74, 6) is 0.455. The Morgan fingerprint density at radius 3 is 2.33 bits per heavy atom. The van der Waals surface area contributed by atoms with Crippen molar-refractivity contribution in [2.24, 2.45) is 0 Å². The van der Waals surface area contributed by atoms with Gasteiger partial charge >= 0.3 is 6.18 Å². The summed E-state index contributed by atoms with van der Waals surface area (Å²) in [5, 5.41) is 13.1. The van der Waals surface area contributed by atoms with Gasteiger partial charge in [-0.15, -0.1) is 0 Å². The number of alkyl halides is 3. The number of hydrogen-bond acceptors (Lipinski definition) is 4. The van der Waals surface area contributed by atoms with Crippen LogP contribution in [0, 0.1) is 13.8 Å². The van der Waals surface area contributed by atoms with Crippen LogP contribution >= 0.6 is 0 Å². The fourth-order valence-electron chi connectivity index (χ4n) is 2.28. The number of rotatable bonds is 5. The average Bonchev–Trinajstić information content (AvgIpc) is 2.83. The highest BCUT2D eigenvalue weighted by atomic mass is 19.4. The van der Waals surface area contributed by atoms with E-state index in [1.807, 2.05) is 0 Å². The Labute approximate surface area is 136 Å². The average molecular weight is 342 g/mol. The van der Waals surface area contributed by atoms with Crippen molar-refractivity contribution in [3.63, 3.8) is 0 Å². The van der Waals surface area contributed by atoms with Crippen LogP contribution < -0.4 is 0 Å². The fraction of sp³-hybridized carbons (Fsp3) is 0.400. The van der Waals surface area contributed by atoms with Gasteiger partial charge in [-0.25, -0.2) is 9.67 Å². The Kier molecular flexibility index (Phi) is 5.23. The maximum Gasteiger partial charge on any atom is 0.406 e. The molecule has 6 nitrogen and oxygen atoms in total. The first-order valence-corrected chi connectivity index (χ1v) is 7.19. The van der Waals surface area contributed by atoms with Gasteiger partial charge in [-0.05, 0) is 38.1 Å². The summed E-state index contributed by atoms with van der Waals surface area (Å²) in [6.07, 6.45) is -4.53. The lowest BCUT2D eigenvalue weighted by Gasteiger charge is -2.23. The van der Waals surface area contributed by atoms with Crippen LogP contribution in [0.25, 0.3) is 5.69 Å². The van der Waals surface area contributed by atoms with Crippen molar-refractivity contribution in [1.29, 1.82) is 0 Å². The second-order valence-electron chi connectivity index (χ2n) is 5.23. The summed E-state index contributed by atoms with van der Waals surface area (Å²) in [6.45, 7) is 1.17. The Bertz CT molecular complexity index is 710. The minimum Gasteiger partial charge on any atom is -0.395 e. The summed E-state index contributed by atoms with van der Waals surface area (Å²) in [6, 6.07) is 6.02. The molecule has 0 aliphatic rings. The van der Waals surface area contributed by atoms with Crippen LogP contribution in [-0.4, -0.2) is 56.6 Å². The molecule has 130 valence electrons. The van der Waals surface area contributed by atoms with Crippen molar-refractivity contribution < 1.29 is 23.1 Å². The standard InChI is InChI=1S/C15H17F3N4O2/c1-10-19-11(2)22(20-10)13-5-3-12(4-6-13)14(24)21(7-8-23)9-15(16,17)18/h3-6,23H,7-9H2,1-2H3. The molecule has 0 bridgehead atoms. The highest BCUT2D eigenvalue weighted by Crippen LogP contribution is 2.19. The van der Waals surface area contributed by atoms with Crippen molar-refractivity contribution in [2.75, 3.05) is 19.7 Å². The molecule has 0 fully saturated rings. The number of aliphatic hydroxyl groups excluding tert-OH is 1. The van der Waals surface area contributed by atoms with Gasteiger partial charge in [0.15, 0.2) is 0 Å². The van der Waals surface area contributed by atoms with E-state index in [0.29, 0.717) is 22.2 Å². The fourth-order valence-corrected chi connectivity index (χ4v) is 2.28. The molecule has 0 aliphatic heterocycles. The Morgan fingerprint density at radius 1 is 1.25 bits per heavy atom. The zero-order valence-corrected chi connectivity index (χ0v) is 13.2. The van der Waals surface area contributed by atoms with Crippen molar-refractivity contribution >= 4 is 5.91 Å². The van der Waals surface area contributed by atoms with Gasteiger partial charge in [0.2, 0.25) is 0 Å². The van der Waals surface area contributed by atoms with Crippen LogP contribution in [0.1, 0.15) is 22.0 Å². The van der Waals surface area contributed by atoms with Gasteiger partial charge in [-0.2, -0.15) is 18.3 Å². The van der Waals surface area contributed by atoms with Gasteiger partial charge < -0.3 is 10.0 Å². The molecule has 9 heteroatoms. The topological polar surface area (TPSA) is 71.2 Å². The first kappa shape index (κ1) is 17.9. The molecule has 0 aliphatic carbocycles. The van der Waals surface area contributed by atoms with Gasteiger partial charge in [-0.1, -0.05) is 0 Å². The van der Waals surface area contributed by atoms with Crippen LogP contribution in [-0.2, 0) is 0 Å². The van der Waals surface area contributed by atoms with Crippen molar-refractivity contribution in [3.8, 4) is 5.69 Å². The lowest BCUT2D eigenvalue weighted by Crippen LogP contribution is -2.40. The number of benzene rings is 1. The molecule has 2 aromatic rings. The van der Waals surface area contributed by atoms with E-state index in [1.165, 1.54) is 12.1 Å². The third-order valence-electron chi connectivity index (χ3n) is 3.26. The van der Waals surface area contributed by atoms with E-state index in [2.05, 4.69) is 10.1 Å². The Hall–Kier alpha value is -2.42. The predicted molar refractivity (Wildman–Crippen MR) is 79.9 cm³/mol. The number of carbonyl (C=O) groups excluding carboxylic acids is 1. The van der Waals surface area contributed by atoms with Crippen molar-refractivity contribution in [2.45, 2.75) is 20.0 Å². The number of aryl methyl sites for hydroxylation is 2. The normalized spacial score (nSPS) is 11.6. The molecule has 0 spiro atoms. The maximum atomic E-state index is 12.5. The number of halogens is 3. The van der Waals surface area contributed by atoms with Crippen LogP contribution in [0.3, 0.4) is 0 Å². The number of aromatic nitrogens is 3. The van der Waals surface area contributed by atoms with E-state index in [0.717, 1.165) is 0 Å². The number of amides is 1. The molecular weight excluding hydrogens is 325 g/mol. The molecule has 2 rings (SSSR count). The van der Waals surface area contributed by atoms with Crippen LogP contribution in [0.15, 0.2) is 24.3 Å². The first-order chi connectivity index (χ1) is 11.2. The minimum atomic E-state index is -4.53. The number of carbonyl (C=O) groups is 1. The number of aliphatic hydroxyl groups is 1. The SMILES string of the molecule is Cc1nc(C)n(-c2ccc(C(=O)N(CCO)CC(F)(F)F)cc2)n1. The minimum absolute atomic E-state index is 0.103. The van der Waals surface area contributed by atoms with E-state index < -0.39 is 25.2 Å². The molecule has 0 radical (unpaired) electrons. The molecule has 24 heavy (non-hydrogen) atoms. The molecule has 1 aromatic heterocycles. The zero-order valence-electron chi connectivity index (χ0n) is 13.2. The Morgan fingerprint density at radius 2 is 1.88 bits per heavy atom. The second-order valence-corrected chi connectivity index (χ2v) is 5.23. The third-order valence-corrected chi connectivity index (χ3v) is 3.26. The van der Waals surface area contributed by atoms with Gasteiger partial charge in [0.1, 0.15) is 18.2 Å². The highest BCUT2D eigenvalue weighted by molar-refractivity contribution is 5.94. The third kappa shape index (κ3) is 4.31. The monoisotopic (exact) mass is 342 g/mol. The van der Waals surface area contributed by atoms with Gasteiger partial charge in [-0.3, -0.25) is 4.79 Å². The molecule has 1 heterocycles. The molecule has 1 amide bonds. The summed E-state index contributed by atoms with van der Waals surface area (Å²) >= 11 is 0. The van der Waals surface area contributed by atoms with E-state index in [9.17, 15) is 18.0 Å². The first-order valence-electron chi connectivity index (χ1n) is 7.19. The summed E-state index contributed by atoms with van der Waals surface area (Å²) in [4.78, 5) is 16.9. The van der Waals surface area contributed by atoms with E-state index in [-0.39, 0.29) is 12.1 Å². The number of nitrogens with zero attached hydrogens (tertiary/aromatic N) is 4. The summed E-state index contributed by atoms with van der Waals surface area (Å²) < 4.78 is 39.2. The van der Waals surface area contributed by atoms with Crippen molar-refractivity contribution in [3.05, 3.63) is 41.5 Å². The Balaban J connectivity index is 2.22. The molecule has 0 atom stereocenters. The molecular formula is C15H17F3N4O2. The zero-order chi connectivity index (χ0) is 17.9. The van der Waals surface area contributed by atoms with Crippen LogP contribution in [0.2, 0.25) is 0 Å². The maximum absolute atomic E-state index is 12.5. The van der Waals surface area contributed by atoms with Gasteiger partial charge in [0.05, 0.1) is 12.3 Å². The van der Waals surface area contributed by atoms with E-state index in [1.54, 1.807) is 30.7 Å². The second kappa shape index (κ2) is 7.00. The highest BCUT2D eigenvalue weighted by Gasteiger charge is 2.33. The van der Waals surface area contributed by atoms with Crippen LogP contribution in [0.4, 0.5) is 13.2 Å². The lowest BCUT2D eigenvalue weighted by molar-refractivity contribution is -0.141. The van der Waals surface area contributed by atoms with Gasteiger partial charge in [0.25, 0.3) is 5.91 Å². The smallest absolute Gasteiger partial charge is 0.395 e. The molecule has 0 saturated heterocycles.